The molecule has 1 aliphatic rings. The van der Waals surface area contributed by atoms with E-state index in [1.54, 1.807) is 11.8 Å². The summed E-state index contributed by atoms with van der Waals surface area (Å²) in [4.78, 5) is 4.38. The number of thioether (sulfide) groups is 1. The number of nitrogens with zero attached hydrogens (tertiary/aromatic N) is 2. The Balaban J connectivity index is 2.08. The van der Waals surface area contributed by atoms with Crippen molar-refractivity contribution in [3.63, 3.8) is 0 Å². The number of aromatic nitrogens is 1. The highest BCUT2D eigenvalue weighted by Crippen LogP contribution is 2.39. The van der Waals surface area contributed by atoms with Crippen molar-refractivity contribution < 1.29 is 4.42 Å². The Morgan fingerprint density at radius 3 is 2.76 bits per heavy atom. The number of nitriles is 1. The van der Waals surface area contributed by atoms with Crippen LogP contribution in [-0.2, 0) is 0 Å². The fourth-order valence-electron chi connectivity index (χ4n) is 2.23. The molecule has 0 spiro atoms. The normalized spacial score (nSPS) is 28.9. The molecule has 0 aromatic carbocycles. The summed E-state index contributed by atoms with van der Waals surface area (Å²) in [6.07, 6.45) is 3.26. The molecular weight excluding hydrogens is 232 g/mol. The van der Waals surface area contributed by atoms with E-state index in [4.69, 9.17) is 4.42 Å². The zero-order chi connectivity index (χ0) is 12.4. The van der Waals surface area contributed by atoms with Gasteiger partial charge in [-0.3, -0.25) is 0 Å². The lowest BCUT2D eigenvalue weighted by Gasteiger charge is -2.29. The Morgan fingerprint density at radius 2 is 2.18 bits per heavy atom. The average molecular weight is 250 g/mol. The minimum Gasteiger partial charge on any atom is -0.437 e. The molecule has 0 aliphatic heterocycles. The summed E-state index contributed by atoms with van der Waals surface area (Å²) in [7, 11) is 0. The van der Waals surface area contributed by atoms with Crippen LogP contribution < -0.4 is 0 Å². The Hall–Kier alpha value is -0.950. The third-order valence-electron chi connectivity index (χ3n) is 3.48. The van der Waals surface area contributed by atoms with Gasteiger partial charge in [-0.2, -0.15) is 5.26 Å². The first-order valence-electron chi connectivity index (χ1n) is 6.10. The van der Waals surface area contributed by atoms with E-state index in [0.717, 1.165) is 29.5 Å². The van der Waals surface area contributed by atoms with Crippen molar-refractivity contribution in [3.8, 4) is 6.07 Å². The van der Waals surface area contributed by atoms with Crippen LogP contribution >= 0.6 is 11.8 Å². The highest BCUT2D eigenvalue weighted by atomic mass is 32.2. The largest absolute Gasteiger partial charge is 0.437 e. The van der Waals surface area contributed by atoms with E-state index in [1.165, 1.54) is 6.42 Å². The molecule has 1 fully saturated rings. The second-order valence-corrected chi connectivity index (χ2v) is 6.12. The Kier molecular flexibility index (Phi) is 3.78. The monoisotopic (exact) mass is 250 g/mol. The molecule has 0 saturated heterocycles. The van der Waals surface area contributed by atoms with E-state index in [-0.39, 0.29) is 5.92 Å². The van der Waals surface area contributed by atoms with Crippen molar-refractivity contribution >= 4 is 11.8 Å². The van der Waals surface area contributed by atoms with Gasteiger partial charge >= 0.3 is 0 Å². The van der Waals surface area contributed by atoms with Crippen LogP contribution in [-0.4, -0.2) is 10.2 Å². The molecule has 3 atom stereocenters. The summed E-state index contributed by atoms with van der Waals surface area (Å²) >= 11 is 1.64. The molecule has 1 aromatic heterocycles. The fourth-order valence-corrected chi connectivity index (χ4v) is 3.64. The fraction of sp³-hybridized carbons (Fsp3) is 0.692. The zero-order valence-corrected chi connectivity index (χ0v) is 11.4. The summed E-state index contributed by atoms with van der Waals surface area (Å²) in [5.74, 6) is 1.72. The minimum absolute atomic E-state index is 0.142. The average Bonchev–Trinajstić information content (AvgIpc) is 2.58. The smallest absolute Gasteiger partial charge is 0.256 e. The van der Waals surface area contributed by atoms with Crippen LogP contribution in [0.5, 0.6) is 0 Å². The van der Waals surface area contributed by atoms with E-state index < -0.39 is 0 Å². The Bertz CT molecular complexity index is 416. The molecule has 0 bridgehead atoms. The van der Waals surface area contributed by atoms with Crippen molar-refractivity contribution in [2.45, 2.75) is 50.5 Å². The summed E-state index contributed by atoms with van der Waals surface area (Å²) in [5.41, 5.74) is 0.949. The lowest BCUT2D eigenvalue weighted by atomic mass is 9.83. The van der Waals surface area contributed by atoms with Crippen LogP contribution in [0.25, 0.3) is 0 Å². The maximum atomic E-state index is 9.17. The minimum atomic E-state index is 0.142. The maximum absolute atomic E-state index is 9.17. The molecule has 0 radical (unpaired) electrons. The summed E-state index contributed by atoms with van der Waals surface area (Å²) in [6, 6.07) is 2.43. The summed E-state index contributed by atoms with van der Waals surface area (Å²) in [6.45, 7) is 6.14. The van der Waals surface area contributed by atoms with Crippen molar-refractivity contribution in [2.75, 3.05) is 0 Å². The molecular formula is C13H18N2OS. The predicted molar refractivity (Wildman–Crippen MR) is 67.7 cm³/mol. The molecule has 92 valence electrons. The topological polar surface area (TPSA) is 49.8 Å². The van der Waals surface area contributed by atoms with Gasteiger partial charge in [0.15, 0.2) is 0 Å². The second-order valence-electron chi connectivity index (χ2n) is 4.93. The van der Waals surface area contributed by atoms with Crippen LogP contribution in [0.3, 0.4) is 0 Å². The third-order valence-corrected chi connectivity index (χ3v) is 4.68. The number of hydrogen-bond donors (Lipinski definition) is 0. The molecule has 1 aromatic rings. The summed E-state index contributed by atoms with van der Waals surface area (Å²) in [5, 5.41) is 10.2. The van der Waals surface area contributed by atoms with Gasteiger partial charge in [-0.1, -0.05) is 18.7 Å². The molecule has 0 N–H and O–H groups in total. The van der Waals surface area contributed by atoms with Crippen LogP contribution in [0, 0.1) is 37.0 Å². The number of oxazole rings is 1. The van der Waals surface area contributed by atoms with Gasteiger partial charge in [-0.15, -0.1) is 0 Å². The van der Waals surface area contributed by atoms with Crippen LogP contribution in [0.2, 0.25) is 0 Å². The number of aryl methyl sites for hydroxylation is 2. The van der Waals surface area contributed by atoms with Gasteiger partial charge in [-0.25, -0.2) is 4.98 Å². The molecule has 0 amide bonds. The van der Waals surface area contributed by atoms with Gasteiger partial charge in [0.05, 0.1) is 17.7 Å². The van der Waals surface area contributed by atoms with Gasteiger partial charge in [0, 0.05) is 5.25 Å². The van der Waals surface area contributed by atoms with Gasteiger partial charge in [0.1, 0.15) is 5.76 Å². The maximum Gasteiger partial charge on any atom is 0.256 e. The first kappa shape index (κ1) is 12.5. The van der Waals surface area contributed by atoms with Crippen molar-refractivity contribution in [3.05, 3.63) is 11.5 Å². The zero-order valence-electron chi connectivity index (χ0n) is 10.6. The molecule has 1 heterocycles. The van der Waals surface area contributed by atoms with Crippen LogP contribution in [0.15, 0.2) is 9.64 Å². The van der Waals surface area contributed by atoms with Gasteiger partial charge in [0.25, 0.3) is 5.22 Å². The third kappa shape index (κ3) is 2.84. The Labute approximate surface area is 107 Å². The molecule has 4 heteroatoms. The van der Waals surface area contributed by atoms with E-state index in [1.807, 2.05) is 13.8 Å². The van der Waals surface area contributed by atoms with E-state index in [2.05, 4.69) is 18.0 Å². The number of rotatable bonds is 2. The first-order valence-corrected chi connectivity index (χ1v) is 6.98. The quantitative estimate of drug-likeness (QED) is 0.802. The summed E-state index contributed by atoms with van der Waals surface area (Å²) < 4.78 is 5.59. The Morgan fingerprint density at radius 1 is 1.41 bits per heavy atom. The molecule has 3 nitrogen and oxygen atoms in total. The highest BCUT2D eigenvalue weighted by molar-refractivity contribution is 7.99. The van der Waals surface area contributed by atoms with Crippen LogP contribution in [0.4, 0.5) is 0 Å². The van der Waals surface area contributed by atoms with Gasteiger partial charge in [0.2, 0.25) is 0 Å². The van der Waals surface area contributed by atoms with Crippen molar-refractivity contribution in [2.24, 2.45) is 11.8 Å². The van der Waals surface area contributed by atoms with Crippen molar-refractivity contribution in [1.82, 2.24) is 4.98 Å². The lowest BCUT2D eigenvalue weighted by molar-refractivity contribution is 0.342. The SMILES string of the molecule is Cc1nc(SC2CC(C)CCC2C#N)oc1C. The second kappa shape index (κ2) is 5.14. The molecule has 2 rings (SSSR count). The van der Waals surface area contributed by atoms with Gasteiger partial charge in [-0.05, 0) is 39.0 Å². The van der Waals surface area contributed by atoms with Crippen LogP contribution in [0.1, 0.15) is 37.6 Å². The highest BCUT2D eigenvalue weighted by Gasteiger charge is 2.30. The van der Waals surface area contributed by atoms with Gasteiger partial charge < -0.3 is 4.42 Å². The van der Waals surface area contributed by atoms with E-state index in [0.29, 0.717) is 11.2 Å². The number of hydrogen-bond acceptors (Lipinski definition) is 4. The van der Waals surface area contributed by atoms with E-state index in [9.17, 15) is 5.26 Å². The predicted octanol–water partition coefficient (Wildman–Crippen LogP) is 3.71. The first-order chi connectivity index (χ1) is 8.10. The van der Waals surface area contributed by atoms with Crippen molar-refractivity contribution in [1.29, 1.82) is 5.26 Å². The molecule has 1 aliphatic carbocycles. The standard InChI is InChI=1S/C13H18N2OS/c1-8-4-5-11(7-14)12(6-8)17-13-15-9(2)10(3)16-13/h8,11-12H,4-6H2,1-3H3. The molecule has 1 saturated carbocycles. The molecule has 17 heavy (non-hydrogen) atoms. The molecule has 3 unspecified atom stereocenters. The van der Waals surface area contributed by atoms with E-state index >= 15 is 0 Å². The lowest BCUT2D eigenvalue weighted by Crippen LogP contribution is -2.24.